The highest BCUT2D eigenvalue weighted by Gasteiger charge is 2.35. The molecule has 220 valence electrons. The second-order valence-corrected chi connectivity index (χ2v) is 14.2. The van der Waals surface area contributed by atoms with Crippen LogP contribution in [0.2, 0.25) is 5.02 Å². The Morgan fingerprint density at radius 3 is 2.34 bits per heavy atom. The third-order valence-electron chi connectivity index (χ3n) is 7.62. The van der Waals surface area contributed by atoms with E-state index in [1.165, 1.54) is 4.31 Å². The summed E-state index contributed by atoms with van der Waals surface area (Å²) in [5.41, 5.74) is -0.0676. The lowest BCUT2D eigenvalue weighted by Crippen LogP contribution is -2.52. The Kier molecular flexibility index (Phi) is 8.46. The van der Waals surface area contributed by atoms with Crippen molar-refractivity contribution in [1.29, 1.82) is 0 Å². The molecule has 0 radical (unpaired) electrons. The minimum Gasteiger partial charge on any atom is -0.340 e. The molecule has 0 atom stereocenters. The van der Waals surface area contributed by atoms with Gasteiger partial charge in [0.1, 0.15) is 11.6 Å². The van der Waals surface area contributed by atoms with E-state index in [1.54, 1.807) is 40.3 Å². The van der Waals surface area contributed by atoms with E-state index >= 15 is 0 Å². The quantitative estimate of drug-likeness (QED) is 0.521. The van der Waals surface area contributed by atoms with E-state index in [2.05, 4.69) is 5.32 Å². The first-order valence-corrected chi connectivity index (χ1v) is 15.8. The molecule has 12 heteroatoms. The van der Waals surface area contributed by atoms with Crippen LogP contribution >= 0.6 is 11.6 Å². The van der Waals surface area contributed by atoms with Crippen molar-refractivity contribution in [3.8, 4) is 0 Å². The number of aliphatic imine (C=N–C) groups is 1. The summed E-state index contributed by atoms with van der Waals surface area (Å²) in [6.07, 6.45) is 2.89. The highest BCUT2D eigenvalue weighted by molar-refractivity contribution is 7.89. The van der Waals surface area contributed by atoms with Gasteiger partial charge in [0.05, 0.1) is 23.1 Å². The summed E-state index contributed by atoms with van der Waals surface area (Å²) in [6, 6.07) is 10.4. The van der Waals surface area contributed by atoms with Crippen molar-refractivity contribution in [2.75, 3.05) is 32.7 Å². The summed E-state index contributed by atoms with van der Waals surface area (Å²) in [5.74, 6) is 2.37. The van der Waals surface area contributed by atoms with Crippen molar-refractivity contribution in [3.05, 3.63) is 47.1 Å². The van der Waals surface area contributed by atoms with E-state index in [0.717, 1.165) is 23.6 Å². The van der Waals surface area contributed by atoms with Crippen LogP contribution in [-0.4, -0.2) is 84.9 Å². The van der Waals surface area contributed by atoms with Crippen molar-refractivity contribution < 1.29 is 22.8 Å². The van der Waals surface area contributed by atoms with Crippen molar-refractivity contribution in [1.82, 2.24) is 19.6 Å². The average molecular weight is 602 g/mol. The van der Waals surface area contributed by atoms with Crippen LogP contribution < -0.4 is 5.32 Å². The molecular weight excluding hydrogens is 566 g/mol. The number of benzene rings is 2. The number of fused-ring (bicyclic) bond motifs is 1. The topological polar surface area (TPSA) is 112 Å². The number of piperazine rings is 1. The van der Waals surface area contributed by atoms with Gasteiger partial charge in [-0.3, -0.25) is 9.63 Å². The van der Waals surface area contributed by atoms with Crippen LogP contribution in [0.1, 0.15) is 46.5 Å². The molecule has 2 aromatic rings. The predicted octanol–water partition coefficient (Wildman–Crippen LogP) is 3.59. The fraction of sp³-hybridized carbons (Fsp3) is 0.517. The molecule has 41 heavy (non-hydrogen) atoms. The Bertz CT molecular complexity index is 1500. The van der Waals surface area contributed by atoms with Crippen molar-refractivity contribution >= 4 is 50.2 Å². The number of rotatable bonds is 5. The number of carbonyl (C=O) groups excluding carboxylic acids is 2. The van der Waals surface area contributed by atoms with Crippen LogP contribution in [0.4, 0.5) is 0 Å². The number of halogens is 1. The number of nitrogens with zero attached hydrogens (tertiary/aromatic N) is 4. The zero-order chi connectivity index (χ0) is 29.4. The molecular formula is C29H36ClN5O5S. The normalized spacial score (nSPS) is 23.6. The zero-order valence-corrected chi connectivity index (χ0v) is 25.2. The lowest BCUT2D eigenvalue weighted by molar-refractivity contribution is -0.174. The van der Waals surface area contributed by atoms with Gasteiger partial charge in [-0.1, -0.05) is 23.7 Å². The SMILES string of the molecule is CC(C)(C)ON1CC(=C=O)NC1=NC1CCC(C(=O)N2CCN(S(=O)(=O)c3ccc4cc(Cl)ccc4c3)CC2)CC1. The molecule has 0 bridgehead atoms. The number of carbonyl (C=O) groups is 1. The number of sulfonamides is 1. The summed E-state index contributed by atoms with van der Waals surface area (Å²) >= 11 is 6.06. The molecule has 1 saturated carbocycles. The van der Waals surface area contributed by atoms with E-state index in [9.17, 15) is 18.0 Å². The van der Waals surface area contributed by atoms with Crippen LogP contribution in [0.3, 0.4) is 0 Å². The average Bonchev–Trinajstić information content (AvgIpc) is 3.32. The first-order valence-electron chi connectivity index (χ1n) is 14.0. The molecule has 2 heterocycles. The van der Waals surface area contributed by atoms with Gasteiger partial charge in [0.2, 0.25) is 21.9 Å². The fourth-order valence-corrected chi connectivity index (χ4v) is 7.19. The van der Waals surface area contributed by atoms with Crippen molar-refractivity contribution in [3.63, 3.8) is 0 Å². The third kappa shape index (κ3) is 6.76. The number of hydrogen-bond acceptors (Lipinski definition) is 6. The van der Waals surface area contributed by atoms with Gasteiger partial charge in [0, 0.05) is 37.1 Å². The highest BCUT2D eigenvalue weighted by Crippen LogP contribution is 2.30. The molecule has 2 aromatic carbocycles. The van der Waals surface area contributed by atoms with E-state index < -0.39 is 15.6 Å². The molecule has 2 saturated heterocycles. The van der Waals surface area contributed by atoms with Crippen LogP contribution in [0, 0.1) is 5.92 Å². The lowest BCUT2D eigenvalue weighted by Gasteiger charge is -2.37. The number of nitrogens with one attached hydrogen (secondary N) is 1. The van der Waals surface area contributed by atoms with Crippen molar-refractivity contribution in [2.24, 2.45) is 10.9 Å². The van der Waals surface area contributed by atoms with E-state index in [4.69, 9.17) is 21.4 Å². The predicted molar refractivity (Wildman–Crippen MR) is 157 cm³/mol. The summed E-state index contributed by atoms with van der Waals surface area (Å²) in [5, 5.41) is 6.88. The molecule has 1 N–H and O–H groups in total. The van der Waals surface area contributed by atoms with Crippen LogP contribution in [0.15, 0.2) is 52.0 Å². The summed E-state index contributed by atoms with van der Waals surface area (Å²) in [7, 11) is -3.68. The van der Waals surface area contributed by atoms with Gasteiger partial charge < -0.3 is 10.2 Å². The summed E-state index contributed by atoms with van der Waals surface area (Å²) in [6.45, 7) is 7.32. The standard InChI is InChI=1S/C29H36ClN5O5S/c1-29(2,3)40-35-18-25(19-36)32-28(35)31-24-9-5-20(6-10-24)27(37)33-12-14-34(15-13-33)41(38,39)26-11-7-21-16-23(30)8-4-22(21)17-26/h4,7-8,11,16-17,20,24H,5-6,9-10,12-15,18H2,1-3H3,(H,31,32). The Labute approximate surface area is 246 Å². The second kappa shape index (κ2) is 11.7. The number of hydroxylamine groups is 2. The zero-order valence-electron chi connectivity index (χ0n) is 23.6. The van der Waals surface area contributed by atoms with Crippen molar-refractivity contribution in [2.45, 2.75) is 63.0 Å². The largest absolute Gasteiger partial charge is 0.340 e. The molecule has 1 aliphatic carbocycles. The molecule has 0 unspecified atom stereocenters. The second-order valence-electron chi connectivity index (χ2n) is 11.8. The number of hydrogen-bond donors (Lipinski definition) is 1. The van der Waals surface area contributed by atoms with Gasteiger partial charge in [0.25, 0.3) is 0 Å². The first kappa shape index (κ1) is 29.5. The number of amides is 1. The maximum absolute atomic E-state index is 13.3. The van der Waals surface area contributed by atoms with Gasteiger partial charge in [-0.05, 0) is 81.5 Å². The Hall–Kier alpha value is -2.95. The fourth-order valence-electron chi connectivity index (χ4n) is 5.55. The van der Waals surface area contributed by atoms with Gasteiger partial charge in [-0.25, -0.2) is 23.3 Å². The Balaban J connectivity index is 1.15. The molecule has 10 nitrogen and oxygen atoms in total. The first-order chi connectivity index (χ1) is 19.4. The maximum atomic E-state index is 13.3. The van der Waals surface area contributed by atoms with Gasteiger partial charge in [-0.2, -0.15) is 4.31 Å². The van der Waals surface area contributed by atoms with E-state index in [1.807, 2.05) is 32.8 Å². The minimum atomic E-state index is -3.68. The van der Waals surface area contributed by atoms with Crippen LogP contribution in [0.5, 0.6) is 0 Å². The van der Waals surface area contributed by atoms with Gasteiger partial charge in [0.15, 0.2) is 0 Å². The van der Waals surface area contributed by atoms with E-state index in [0.29, 0.717) is 42.6 Å². The number of guanidine groups is 1. The minimum absolute atomic E-state index is 0.0126. The molecule has 2 aliphatic heterocycles. The molecule has 5 rings (SSSR count). The van der Waals surface area contributed by atoms with E-state index in [-0.39, 0.29) is 42.4 Å². The van der Waals surface area contributed by atoms with Gasteiger partial charge >= 0.3 is 0 Å². The maximum Gasteiger partial charge on any atom is 0.243 e. The Morgan fingerprint density at radius 1 is 1.02 bits per heavy atom. The summed E-state index contributed by atoms with van der Waals surface area (Å²) in [4.78, 5) is 37.3. The van der Waals surface area contributed by atoms with Crippen LogP contribution in [-0.2, 0) is 24.4 Å². The third-order valence-corrected chi connectivity index (χ3v) is 9.75. The highest BCUT2D eigenvalue weighted by atomic mass is 35.5. The molecule has 0 spiro atoms. The monoisotopic (exact) mass is 601 g/mol. The smallest absolute Gasteiger partial charge is 0.243 e. The summed E-state index contributed by atoms with van der Waals surface area (Å²) < 4.78 is 28.1. The molecule has 0 aromatic heterocycles. The molecule has 1 amide bonds. The van der Waals surface area contributed by atoms with Crippen LogP contribution in [0.25, 0.3) is 10.8 Å². The molecule has 3 fully saturated rings. The lowest BCUT2D eigenvalue weighted by atomic mass is 9.85. The van der Waals surface area contributed by atoms with Gasteiger partial charge in [-0.15, -0.1) is 0 Å². The Morgan fingerprint density at radius 2 is 1.68 bits per heavy atom. The molecule has 3 aliphatic rings.